The Hall–Kier alpha value is -2.18. The number of hydrogen-bond acceptors (Lipinski definition) is 5. The van der Waals surface area contributed by atoms with Crippen molar-refractivity contribution in [3.05, 3.63) is 56.6 Å². The third-order valence-electron chi connectivity index (χ3n) is 3.55. The molecule has 7 nitrogen and oxygen atoms in total. The summed E-state index contributed by atoms with van der Waals surface area (Å²) in [5, 5.41) is 18.8. The first-order chi connectivity index (χ1) is 10.1. The van der Waals surface area contributed by atoms with Crippen molar-refractivity contribution in [2.45, 2.75) is 24.9 Å². The van der Waals surface area contributed by atoms with E-state index in [1.54, 1.807) is 18.2 Å². The van der Waals surface area contributed by atoms with Crippen LogP contribution >= 0.6 is 0 Å². The first kappa shape index (κ1) is 13.8. The van der Waals surface area contributed by atoms with Crippen molar-refractivity contribution in [3.63, 3.8) is 0 Å². The highest BCUT2D eigenvalue weighted by Gasteiger charge is 2.35. The van der Waals surface area contributed by atoms with E-state index in [-0.39, 0.29) is 13.0 Å². The van der Waals surface area contributed by atoms with Gasteiger partial charge in [0.15, 0.2) is 0 Å². The summed E-state index contributed by atoms with van der Waals surface area (Å²) in [5.74, 6) is 0. The van der Waals surface area contributed by atoms with Gasteiger partial charge < -0.3 is 14.9 Å². The molecule has 1 aromatic heterocycles. The number of nitrogens with one attached hydrogen (secondary N) is 1. The summed E-state index contributed by atoms with van der Waals surface area (Å²) in [4.78, 5) is 26.0. The van der Waals surface area contributed by atoms with Crippen LogP contribution in [0.1, 0.15) is 18.2 Å². The van der Waals surface area contributed by atoms with E-state index in [4.69, 9.17) is 9.84 Å². The third kappa shape index (κ3) is 2.43. The molecule has 3 rings (SSSR count). The Labute approximate surface area is 119 Å². The van der Waals surface area contributed by atoms with Gasteiger partial charge in [-0.3, -0.25) is 14.3 Å². The van der Waals surface area contributed by atoms with Crippen molar-refractivity contribution in [3.8, 4) is 0 Å². The van der Waals surface area contributed by atoms with Crippen LogP contribution < -0.4 is 11.2 Å². The highest BCUT2D eigenvalue weighted by molar-refractivity contribution is 5.75. The maximum absolute atomic E-state index is 11.9. The Morgan fingerprint density at radius 1 is 1.48 bits per heavy atom. The lowest BCUT2D eigenvalue weighted by Crippen LogP contribution is -2.34. The number of nitrogens with zero attached hydrogens (tertiary/aromatic N) is 1. The van der Waals surface area contributed by atoms with E-state index in [2.05, 4.69) is 10.7 Å². The third-order valence-corrected chi connectivity index (χ3v) is 3.55. The zero-order valence-electron chi connectivity index (χ0n) is 11.0. The molecular formula is C14H14N2O5. The Morgan fingerprint density at radius 2 is 2.29 bits per heavy atom. The molecule has 1 fully saturated rings. The SMILES string of the molecule is O=c1[nH]c(=O)n([C@H]2C[C@H](O)[C@@H](CO)O2)cc1C1=C=CC=C1. The van der Waals surface area contributed by atoms with Crippen molar-refractivity contribution in [1.29, 1.82) is 0 Å². The molecule has 1 aliphatic carbocycles. The number of aromatic amines is 1. The molecule has 0 amide bonds. The molecule has 110 valence electrons. The number of ether oxygens (including phenoxy) is 1. The van der Waals surface area contributed by atoms with E-state index in [0.717, 1.165) is 0 Å². The fourth-order valence-corrected chi connectivity index (χ4v) is 2.44. The first-order valence-electron chi connectivity index (χ1n) is 6.53. The number of aromatic nitrogens is 2. The number of allylic oxidation sites excluding steroid dienone is 3. The summed E-state index contributed by atoms with van der Waals surface area (Å²) in [6.07, 6.45) is 4.36. The summed E-state index contributed by atoms with van der Waals surface area (Å²) in [6, 6.07) is 0. The molecule has 2 aliphatic rings. The minimum Gasteiger partial charge on any atom is -0.394 e. The molecule has 0 spiro atoms. The Morgan fingerprint density at radius 3 is 2.90 bits per heavy atom. The van der Waals surface area contributed by atoms with Crippen LogP contribution in [-0.4, -0.2) is 38.6 Å². The van der Waals surface area contributed by atoms with Crippen LogP contribution in [0.2, 0.25) is 0 Å². The normalized spacial score (nSPS) is 27.3. The van der Waals surface area contributed by atoms with Crippen molar-refractivity contribution >= 4 is 5.57 Å². The predicted octanol–water partition coefficient (Wildman–Crippen LogP) is -0.714. The molecule has 0 unspecified atom stereocenters. The van der Waals surface area contributed by atoms with Gasteiger partial charge in [-0.15, -0.1) is 5.73 Å². The van der Waals surface area contributed by atoms with E-state index in [9.17, 15) is 14.7 Å². The molecule has 1 saturated heterocycles. The zero-order chi connectivity index (χ0) is 15.0. The van der Waals surface area contributed by atoms with Crippen LogP contribution in [0.5, 0.6) is 0 Å². The number of aliphatic hydroxyl groups is 2. The smallest absolute Gasteiger partial charge is 0.330 e. The Balaban J connectivity index is 2.02. The van der Waals surface area contributed by atoms with Crippen LogP contribution in [0.3, 0.4) is 0 Å². The fourth-order valence-electron chi connectivity index (χ4n) is 2.44. The van der Waals surface area contributed by atoms with Crippen LogP contribution in [0, 0.1) is 0 Å². The van der Waals surface area contributed by atoms with Gasteiger partial charge >= 0.3 is 5.69 Å². The van der Waals surface area contributed by atoms with Crippen molar-refractivity contribution < 1.29 is 14.9 Å². The molecule has 0 bridgehead atoms. The second-order valence-corrected chi connectivity index (χ2v) is 4.91. The number of H-pyrrole nitrogens is 1. The van der Waals surface area contributed by atoms with Gasteiger partial charge in [-0.25, -0.2) is 4.79 Å². The molecule has 7 heteroatoms. The zero-order valence-corrected chi connectivity index (χ0v) is 11.0. The van der Waals surface area contributed by atoms with E-state index < -0.39 is 29.7 Å². The summed E-state index contributed by atoms with van der Waals surface area (Å²) in [6.45, 7) is -0.334. The second kappa shape index (κ2) is 5.31. The summed E-state index contributed by atoms with van der Waals surface area (Å²) in [7, 11) is 0. The number of rotatable bonds is 3. The van der Waals surface area contributed by atoms with Crippen LogP contribution in [-0.2, 0) is 4.74 Å². The quantitative estimate of drug-likeness (QED) is 0.638. The molecule has 2 heterocycles. The molecule has 3 atom stereocenters. The number of aliphatic hydroxyl groups excluding tert-OH is 2. The topological polar surface area (TPSA) is 105 Å². The van der Waals surface area contributed by atoms with E-state index in [1.165, 1.54) is 10.8 Å². The molecule has 0 radical (unpaired) electrons. The van der Waals surface area contributed by atoms with Gasteiger partial charge in [0.05, 0.1) is 18.3 Å². The summed E-state index contributed by atoms with van der Waals surface area (Å²) in [5.41, 5.74) is 2.64. The molecule has 21 heavy (non-hydrogen) atoms. The molecule has 3 N–H and O–H groups in total. The fraction of sp³-hybridized carbons (Fsp3) is 0.357. The number of hydrogen-bond donors (Lipinski definition) is 3. The highest BCUT2D eigenvalue weighted by atomic mass is 16.5. The van der Waals surface area contributed by atoms with Gasteiger partial charge in [0.1, 0.15) is 12.3 Å². The highest BCUT2D eigenvalue weighted by Crippen LogP contribution is 2.27. The maximum atomic E-state index is 11.9. The van der Waals surface area contributed by atoms with E-state index in [0.29, 0.717) is 11.1 Å². The molecule has 1 aliphatic heterocycles. The minimum absolute atomic E-state index is 0.168. The molecule has 0 aromatic carbocycles. The van der Waals surface area contributed by atoms with Crippen LogP contribution in [0.15, 0.2) is 39.7 Å². The van der Waals surface area contributed by atoms with Crippen molar-refractivity contribution in [2.75, 3.05) is 6.61 Å². The summed E-state index contributed by atoms with van der Waals surface area (Å²) < 4.78 is 6.65. The van der Waals surface area contributed by atoms with Gasteiger partial charge in [-0.2, -0.15) is 0 Å². The first-order valence-corrected chi connectivity index (χ1v) is 6.53. The molecule has 0 saturated carbocycles. The van der Waals surface area contributed by atoms with Crippen LogP contribution in [0.25, 0.3) is 5.57 Å². The second-order valence-electron chi connectivity index (χ2n) is 4.91. The largest absolute Gasteiger partial charge is 0.394 e. The molecular weight excluding hydrogens is 276 g/mol. The van der Waals surface area contributed by atoms with Gasteiger partial charge in [0, 0.05) is 18.2 Å². The van der Waals surface area contributed by atoms with Crippen molar-refractivity contribution in [2.24, 2.45) is 0 Å². The van der Waals surface area contributed by atoms with E-state index >= 15 is 0 Å². The monoisotopic (exact) mass is 290 g/mol. The Bertz CT molecular complexity index is 766. The average molecular weight is 290 g/mol. The predicted molar refractivity (Wildman–Crippen MR) is 73.6 cm³/mol. The summed E-state index contributed by atoms with van der Waals surface area (Å²) >= 11 is 0. The minimum atomic E-state index is -0.854. The lowest BCUT2D eigenvalue weighted by Gasteiger charge is -2.15. The van der Waals surface area contributed by atoms with Crippen LogP contribution in [0.4, 0.5) is 0 Å². The van der Waals surface area contributed by atoms with Gasteiger partial charge in [-0.05, 0) is 12.2 Å². The van der Waals surface area contributed by atoms with Gasteiger partial charge in [0.25, 0.3) is 5.56 Å². The average Bonchev–Trinajstić information content (AvgIpc) is 3.08. The lowest BCUT2D eigenvalue weighted by molar-refractivity contribution is -0.0459. The van der Waals surface area contributed by atoms with Gasteiger partial charge in [-0.1, -0.05) is 6.08 Å². The lowest BCUT2D eigenvalue weighted by atomic mass is 10.1. The molecule has 1 aromatic rings. The van der Waals surface area contributed by atoms with Crippen molar-refractivity contribution in [1.82, 2.24) is 9.55 Å². The maximum Gasteiger partial charge on any atom is 0.330 e. The Kier molecular flexibility index (Phi) is 3.48. The standard InChI is InChI=1S/C14H14N2O5/c17-7-11-10(18)5-12(21-11)16-6-9(8-3-1-2-4-8)13(19)15-14(16)20/h1-3,6,10-12,17-18H,5,7H2,(H,15,19,20)/t10-,11+,12+/m0/s1. The van der Waals surface area contributed by atoms with E-state index in [1.807, 2.05) is 0 Å². The van der Waals surface area contributed by atoms with Gasteiger partial charge in [0.2, 0.25) is 0 Å².